The predicted molar refractivity (Wildman–Crippen MR) is 79.6 cm³/mol. The van der Waals surface area contributed by atoms with E-state index in [4.69, 9.17) is 14.2 Å². The van der Waals surface area contributed by atoms with E-state index in [-0.39, 0.29) is 5.78 Å². The van der Waals surface area contributed by atoms with Gasteiger partial charge in [0.1, 0.15) is 5.75 Å². The van der Waals surface area contributed by atoms with Gasteiger partial charge in [-0.05, 0) is 18.2 Å². The Hall–Kier alpha value is -1.97. The molecule has 0 unspecified atom stereocenters. The number of ketones is 1. The molecule has 0 aliphatic carbocycles. The van der Waals surface area contributed by atoms with Crippen LogP contribution in [-0.4, -0.2) is 27.1 Å². The van der Waals surface area contributed by atoms with E-state index in [1.807, 2.05) is 20.8 Å². The van der Waals surface area contributed by atoms with E-state index >= 15 is 0 Å². The molecule has 20 heavy (non-hydrogen) atoms. The van der Waals surface area contributed by atoms with Crippen LogP contribution < -0.4 is 14.2 Å². The minimum atomic E-state index is -0.402. The SMILES string of the molecule is COc1cc(OC)c(OC)cc1C=CC(=O)C(C)(C)C. The number of ether oxygens (including phenoxy) is 3. The summed E-state index contributed by atoms with van der Waals surface area (Å²) in [7, 11) is 4.71. The molecule has 1 rings (SSSR count). The Morgan fingerprint density at radius 3 is 1.90 bits per heavy atom. The van der Waals surface area contributed by atoms with Crippen LogP contribution in [0.2, 0.25) is 0 Å². The summed E-state index contributed by atoms with van der Waals surface area (Å²) in [5.41, 5.74) is 0.364. The molecule has 0 heterocycles. The lowest BCUT2D eigenvalue weighted by molar-refractivity contribution is -0.121. The van der Waals surface area contributed by atoms with Crippen LogP contribution >= 0.6 is 0 Å². The maximum absolute atomic E-state index is 11.9. The molecule has 1 aromatic carbocycles. The first-order valence-corrected chi connectivity index (χ1v) is 6.36. The average molecular weight is 278 g/mol. The highest BCUT2D eigenvalue weighted by molar-refractivity contribution is 5.97. The fraction of sp³-hybridized carbons (Fsp3) is 0.438. The largest absolute Gasteiger partial charge is 0.496 e. The molecular weight excluding hydrogens is 256 g/mol. The first kappa shape index (κ1) is 16.1. The minimum absolute atomic E-state index is 0.0503. The van der Waals surface area contributed by atoms with Crippen LogP contribution in [0.1, 0.15) is 26.3 Å². The molecule has 0 atom stereocenters. The second-order valence-electron chi connectivity index (χ2n) is 5.40. The third kappa shape index (κ3) is 3.76. The Morgan fingerprint density at radius 2 is 1.45 bits per heavy atom. The van der Waals surface area contributed by atoms with E-state index in [0.717, 1.165) is 5.56 Å². The van der Waals surface area contributed by atoms with Gasteiger partial charge < -0.3 is 14.2 Å². The molecule has 4 nitrogen and oxygen atoms in total. The van der Waals surface area contributed by atoms with Crippen LogP contribution in [0.25, 0.3) is 6.08 Å². The highest BCUT2D eigenvalue weighted by Crippen LogP contribution is 2.35. The van der Waals surface area contributed by atoms with Crippen molar-refractivity contribution in [1.82, 2.24) is 0 Å². The van der Waals surface area contributed by atoms with E-state index in [9.17, 15) is 4.79 Å². The molecule has 0 bridgehead atoms. The summed E-state index contributed by atoms with van der Waals surface area (Å²) in [4.78, 5) is 11.9. The van der Waals surface area contributed by atoms with Crippen LogP contribution in [0, 0.1) is 5.41 Å². The minimum Gasteiger partial charge on any atom is -0.496 e. The molecule has 0 aliphatic heterocycles. The summed E-state index contributed by atoms with van der Waals surface area (Å²) in [6.07, 6.45) is 3.29. The fourth-order valence-corrected chi connectivity index (χ4v) is 1.60. The smallest absolute Gasteiger partial charge is 0.164 e. The molecule has 0 N–H and O–H groups in total. The van der Waals surface area contributed by atoms with E-state index in [0.29, 0.717) is 17.2 Å². The lowest BCUT2D eigenvalue weighted by atomic mass is 9.90. The van der Waals surface area contributed by atoms with E-state index < -0.39 is 5.41 Å². The predicted octanol–water partition coefficient (Wildman–Crippen LogP) is 3.34. The van der Waals surface area contributed by atoms with Gasteiger partial charge >= 0.3 is 0 Å². The van der Waals surface area contributed by atoms with Crippen molar-refractivity contribution in [3.63, 3.8) is 0 Å². The lowest BCUT2D eigenvalue weighted by Gasteiger charge is -2.14. The molecule has 0 saturated heterocycles. The molecule has 0 fully saturated rings. The van der Waals surface area contributed by atoms with Gasteiger partial charge in [-0.15, -0.1) is 0 Å². The Morgan fingerprint density at radius 1 is 0.950 bits per heavy atom. The molecular formula is C16H22O4. The number of carbonyl (C=O) groups is 1. The number of benzene rings is 1. The Balaban J connectivity index is 3.17. The zero-order chi connectivity index (χ0) is 15.3. The maximum Gasteiger partial charge on any atom is 0.164 e. The van der Waals surface area contributed by atoms with Crippen LogP contribution in [0.5, 0.6) is 17.2 Å². The van der Waals surface area contributed by atoms with Crippen molar-refractivity contribution in [3.8, 4) is 17.2 Å². The van der Waals surface area contributed by atoms with Gasteiger partial charge in [-0.1, -0.05) is 20.8 Å². The topological polar surface area (TPSA) is 44.8 Å². The summed E-state index contributed by atoms with van der Waals surface area (Å²) < 4.78 is 15.8. The number of methoxy groups -OCH3 is 3. The Bertz CT molecular complexity index is 510. The first-order valence-electron chi connectivity index (χ1n) is 6.36. The van der Waals surface area contributed by atoms with Crippen LogP contribution in [-0.2, 0) is 4.79 Å². The summed E-state index contributed by atoms with van der Waals surface area (Å²) in [6.45, 7) is 5.64. The van der Waals surface area contributed by atoms with E-state index in [2.05, 4.69) is 0 Å². The lowest BCUT2D eigenvalue weighted by Crippen LogP contribution is -2.17. The van der Waals surface area contributed by atoms with Gasteiger partial charge in [0.15, 0.2) is 17.3 Å². The van der Waals surface area contributed by atoms with E-state index in [1.165, 1.54) is 0 Å². The van der Waals surface area contributed by atoms with Gasteiger partial charge in [-0.25, -0.2) is 0 Å². The zero-order valence-electron chi connectivity index (χ0n) is 12.9. The molecule has 0 saturated carbocycles. The van der Waals surface area contributed by atoms with Crippen molar-refractivity contribution in [2.24, 2.45) is 5.41 Å². The number of hydrogen-bond acceptors (Lipinski definition) is 4. The number of allylic oxidation sites excluding steroid dienone is 1. The second-order valence-corrected chi connectivity index (χ2v) is 5.40. The average Bonchev–Trinajstić information content (AvgIpc) is 2.42. The normalized spacial score (nSPS) is 11.5. The van der Waals surface area contributed by atoms with Gasteiger partial charge in [-0.2, -0.15) is 0 Å². The number of rotatable bonds is 5. The van der Waals surface area contributed by atoms with Gasteiger partial charge in [0.25, 0.3) is 0 Å². The molecule has 0 spiro atoms. The molecule has 0 radical (unpaired) electrons. The maximum atomic E-state index is 11.9. The highest BCUT2D eigenvalue weighted by atomic mass is 16.5. The van der Waals surface area contributed by atoms with Crippen LogP contribution in [0.4, 0.5) is 0 Å². The third-order valence-electron chi connectivity index (χ3n) is 2.89. The van der Waals surface area contributed by atoms with Gasteiger partial charge in [0.2, 0.25) is 0 Å². The quantitative estimate of drug-likeness (QED) is 0.775. The Kier molecular flexibility index (Phi) is 5.19. The van der Waals surface area contributed by atoms with Crippen molar-refractivity contribution >= 4 is 11.9 Å². The third-order valence-corrected chi connectivity index (χ3v) is 2.89. The van der Waals surface area contributed by atoms with Crippen LogP contribution in [0.3, 0.4) is 0 Å². The number of carbonyl (C=O) groups excluding carboxylic acids is 1. The molecule has 0 aliphatic rings. The van der Waals surface area contributed by atoms with Crippen molar-refractivity contribution in [2.45, 2.75) is 20.8 Å². The van der Waals surface area contributed by atoms with Gasteiger partial charge in [0, 0.05) is 17.0 Å². The van der Waals surface area contributed by atoms with Crippen molar-refractivity contribution < 1.29 is 19.0 Å². The summed E-state index contributed by atoms with van der Waals surface area (Å²) >= 11 is 0. The molecule has 1 aromatic rings. The standard InChI is InChI=1S/C16H22O4/c1-16(2,3)15(17)8-7-11-9-13(19-5)14(20-6)10-12(11)18-4/h7-10H,1-6H3. The van der Waals surface area contributed by atoms with Crippen molar-refractivity contribution in [1.29, 1.82) is 0 Å². The van der Waals surface area contributed by atoms with Gasteiger partial charge in [-0.3, -0.25) is 4.79 Å². The molecule has 0 aromatic heterocycles. The van der Waals surface area contributed by atoms with Crippen molar-refractivity contribution in [3.05, 3.63) is 23.8 Å². The Labute approximate surface area is 120 Å². The van der Waals surface area contributed by atoms with Crippen LogP contribution in [0.15, 0.2) is 18.2 Å². The summed E-state index contributed by atoms with van der Waals surface area (Å²) in [6, 6.07) is 3.52. The molecule has 110 valence electrons. The fourth-order valence-electron chi connectivity index (χ4n) is 1.60. The monoisotopic (exact) mass is 278 g/mol. The zero-order valence-corrected chi connectivity index (χ0v) is 12.9. The summed E-state index contributed by atoms with van der Waals surface area (Å²) in [5.74, 6) is 1.86. The highest BCUT2D eigenvalue weighted by Gasteiger charge is 2.18. The molecule has 0 amide bonds. The van der Waals surface area contributed by atoms with Gasteiger partial charge in [0.05, 0.1) is 21.3 Å². The second kappa shape index (κ2) is 6.46. The van der Waals surface area contributed by atoms with E-state index in [1.54, 1.807) is 45.6 Å². The first-order chi connectivity index (χ1) is 9.33. The van der Waals surface area contributed by atoms with Crippen molar-refractivity contribution in [2.75, 3.05) is 21.3 Å². The molecule has 4 heteroatoms. The number of hydrogen-bond donors (Lipinski definition) is 0. The summed E-state index contributed by atoms with van der Waals surface area (Å²) in [5, 5.41) is 0.